The fraction of sp³-hybridized carbons (Fsp3) is 0.211. The summed E-state index contributed by atoms with van der Waals surface area (Å²) in [7, 11) is 1.46. The fourth-order valence-corrected chi connectivity index (χ4v) is 2.30. The maximum atomic E-state index is 12.0. The van der Waals surface area contributed by atoms with Gasteiger partial charge in [-0.05, 0) is 31.2 Å². The lowest BCUT2D eigenvalue weighted by Crippen LogP contribution is -2.37. The van der Waals surface area contributed by atoms with E-state index < -0.39 is 18.5 Å². The highest BCUT2D eigenvalue weighted by Gasteiger charge is 2.17. The van der Waals surface area contributed by atoms with Crippen molar-refractivity contribution in [2.45, 2.75) is 6.92 Å². The Bertz CT molecular complexity index is 805. The molecule has 0 saturated heterocycles. The van der Waals surface area contributed by atoms with Crippen LogP contribution in [-0.2, 0) is 14.3 Å². The summed E-state index contributed by atoms with van der Waals surface area (Å²) < 4.78 is 4.96. The van der Waals surface area contributed by atoms with Crippen LogP contribution in [0.25, 0.3) is 0 Å². The van der Waals surface area contributed by atoms with Gasteiger partial charge < -0.3 is 15.0 Å². The van der Waals surface area contributed by atoms with Crippen LogP contribution in [0, 0.1) is 6.92 Å². The van der Waals surface area contributed by atoms with Crippen LogP contribution < -0.4 is 5.32 Å². The number of aryl methyl sites for hydroxylation is 1. The molecule has 0 aromatic heterocycles. The van der Waals surface area contributed by atoms with Gasteiger partial charge in [-0.1, -0.05) is 41.4 Å². The quantitative estimate of drug-likeness (QED) is 0.789. The summed E-state index contributed by atoms with van der Waals surface area (Å²) in [5, 5.41) is 2.94. The SMILES string of the molecule is Cc1ccc(NC(=O)CN(C)C(=O)COC(=O)c2ccccc2Cl)cc1. The number of esters is 1. The van der Waals surface area contributed by atoms with Crippen LogP contribution in [0.4, 0.5) is 5.69 Å². The van der Waals surface area contributed by atoms with E-state index in [2.05, 4.69) is 5.32 Å². The number of halogens is 1. The third-order valence-electron chi connectivity index (χ3n) is 3.56. The molecule has 0 saturated carbocycles. The van der Waals surface area contributed by atoms with Crippen LogP contribution in [0.3, 0.4) is 0 Å². The van der Waals surface area contributed by atoms with Crippen LogP contribution in [0.1, 0.15) is 15.9 Å². The predicted molar refractivity (Wildman–Crippen MR) is 99.2 cm³/mol. The van der Waals surface area contributed by atoms with Crippen molar-refractivity contribution in [2.24, 2.45) is 0 Å². The van der Waals surface area contributed by atoms with E-state index >= 15 is 0 Å². The Hall–Kier alpha value is -2.86. The second-order valence-corrected chi connectivity index (χ2v) is 6.13. The molecule has 0 aliphatic heterocycles. The average Bonchev–Trinajstić information content (AvgIpc) is 2.61. The normalized spacial score (nSPS) is 10.1. The highest BCUT2D eigenvalue weighted by Crippen LogP contribution is 2.15. The van der Waals surface area contributed by atoms with Crippen molar-refractivity contribution >= 4 is 35.1 Å². The maximum Gasteiger partial charge on any atom is 0.340 e. The Labute approximate surface area is 156 Å². The molecular weight excluding hydrogens is 356 g/mol. The van der Waals surface area contributed by atoms with Crippen molar-refractivity contribution in [3.63, 3.8) is 0 Å². The number of rotatable bonds is 6. The lowest BCUT2D eigenvalue weighted by Gasteiger charge is -2.17. The molecule has 2 amide bonds. The van der Waals surface area contributed by atoms with Gasteiger partial charge >= 0.3 is 5.97 Å². The van der Waals surface area contributed by atoms with Crippen molar-refractivity contribution in [1.29, 1.82) is 0 Å². The molecule has 2 aromatic rings. The first-order chi connectivity index (χ1) is 12.4. The number of nitrogens with zero attached hydrogens (tertiary/aromatic N) is 1. The van der Waals surface area contributed by atoms with Gasteiger partial charge in [0.1, 0.15) is 0 Å². The number of carbonyl (C=O) groups is 3. The summed E-state index contributed by atoms with van der Waals surface area (Å²) >= 11 is 5.90. The molecular formula is C19H19ClN2O4. The molecule has 0 bridgehead atoms. The first-order valence-electron chi connectivity index (χ1n) is 7.89. The summed E-state index contributed by atoms with van der Waals surface area (Å²) in [4.78, 5) is 37.1. The molecule has 0 aliphatic carbocycles. The van der Waals surface area contributed by atoms with Crippen molar-refractivity contribution in [3.8, 4) is 0 Å². The van der Waals surface area contributed by atoms with Crippen molar-refractivity contribution in [1.82, 2.24) is 4.90 Å². The van der Waals surface area contributed by atoms with E-state index in [0.717, 1.165) is 5.56 Å². The summed E-state index contributed by atoms with van der Waals surface area (Å²) in [6, 6.07) is 13.7. The van der Waals surface area contributed by atoms with Crippen LogP contribution >= 0.6 is 11.6 Å². The topological polar surface area (TPSA) is 75.7 Å². The number of ether oxygens (including phenoxy) is 1. The molecule has 26 heavy (non-hydrogen) atoms. The largest absolute Gasteiger partial charge is 0.452 e. The minimum atomic E-state index is -0.693. The first-order valence-corrected chi connectivity index (χ1v) is 8.26. The number of carbonyl (C=O) groups excluding carboxylic acids is 3. The van der Waals surface area contributed by atoms with E-state index in [1.54, 1.807) is 30.3 Å². The lowest BCUT2D eigenvalue weighted by atomic mass is 10.2. The van der Waals surface area contributed by atoms with E-state index in [0.29, 0.717) is 5.69 Å². The number of benzene rings is 2. The molecule has 0 radical (unpaired) electrons. The monoisotopic (exact) mass is 374 g/mol. The molecule has 2 rings (SSSR count). The maximum absolute atomic E-state index is 12.0. The minimum Gasteiger partial charge on any atom is -0.452 e. The van der Waals surface area contributed by atoms with Crippen LogP contribution in [0.2, 0.25) is 5.02 Å². The third-order valence-corrected chi connectivity index (χ3v) is 3.89. The highest BCUT2D eigenvalue weighted by atomic mass is 35.5. The molecule has 2 aromatic carbocycles. The zero-order valence-electron chi connectivity index (χ0n) is 14.5. The second-order valence-electron chi connectivity index (χ2n) is 5.72. The van der Waals surface area contributed by atoms with Crippen LogP contribution in [0.15, 0.2) is 48.5 Å². The fourth-order valence-electron chi connectivity index (χ4n) is 2.08. The summed E-state index contributed by atoms with van der Waals surface area (Å²) in [6.45, 7) is 1.32. The number of nitrogens with one attached hydrogen (secondary N) is 1. The molecule has 7 heteroatoms. The molecule has 0 aliphatic rings. The second kappa shape index (κ2) is 9.01. The van der Waals surface area contributed by atoms with Gasteiger partial charge in [-0.2, -0.15) is 0 Å². The van der Waals surface area contributed by atoms with Gasteiger partial charge in [-0.3, -0.25) is 9.59 Å². The van der Waals surface area contributed by atoms with Crippen molar-refractivity contribution in [2.75, 3.05) is 25.5 Å². The van der Waals surface area contributed by atoms with Gasteiger partial charge in [-0.15, -0.1) is 0 Å². The third kappa shape index (κ3) is 5.60. The standard InChI is InChI=1S/C19H19ClN2O4/c1-13-7-9-14(10-8-13)21-17(23)11-22(2)18(24)12-26-19(25)15-5-3-4-6-16(15)20/h3-10H,11-12H2,1-2H3,(H,21,23). The van der Waals surface area contributed by atoms with Crippen molar-refractivity contribution in [3.05, 3.63) is 64.7 Å². The van der Waals surface area contributed by atoms with Gasteiger partial charge in [0, 0.05) is 12.7 Å². The first kappa shape index (κ1) is 19.5. The number of hydrogen-bond donors (Lipinski definition) is 1. The Morgan fingerprint density at radius 1 is 1.08 bits per heavy atom. The molecule has 0 atom stereocenters. The Morgan fingerprint density at radius 2 is 1.73 bits per heavy atom. The lowest BCUT2D eigenvalue weighted by molar-refractivity contribution is -0.136. The van der Waals surface area contributed by atoms with E-state index in [1.807, 2.05) is 19.1 Å². The van der Waals surface area contributed by atoms with Crippen LogP contribution in [-0.4, -0.2) is 42.9 Å². The van der Waals surface area contributed by atoms with Crippen LogP contribution in [0.5, 0.6) is 0 Å². The Morgan fingerprint density at radius 3 is 2.38 bits per heavy atom. The number of hydrogen-bond acceptors (Lipinski definition) is 4. The zero-order chi connectivity index (χ0) is 19.1. The Balaban J connectivity index is 1.81. The van der Waals surface area contributed by atoms with Crippen molar-refractivity contribution < 1.29 is 19.1 Å². The average molecular weight is 375 g/mol. The summed E-state index contributed by atoms with van der Waals surface area (Å²) in [5.74, 6) is -1.53. The number of amides is 2. The molecule has 0 fully saturated rings. The van der Waals surface area contributed by atoms with E-state index in [4.69, 9.17) is 16.3 Å². The molecule has 6 nitrogen and oxygen atoms in total. The molecule has 136 valence electrons. The molecule has 0 unspecified atom stereocenters. The zero-order valence-corrected chi connectivity index (χ0v) is 15.2. The molecule has 0 spiro atoms. The molecule has 0 heterocycles. The van der Waals surface area contributed by atoms with E-state index in [1.165, 1.54) is 18.0 Å². The highest BCUT2D eigenvalue weighted by molar-refractivity contribution is 6.33. The van der Waals surface area contributed by atoms with Gasteiger partial charge in [0.15, 0.2) is 6.61 Å². The predicted octanol–water partition coefficient (Wildman–Crippen LogP) is 2.90. The minimum absolute atomic E-state index is 0.156. The summed E-state index contributed by atoms with van der Waals surface area (Å²) in [5.41, 5.74) is 1.91. The smallest absolute Gasteiger partial charge is 0.340 e. The van der Waals surface area contributed by atoms with Gasteiger partial charge in [0.05, 0.1) is 17.1 Å². The van der Waals surface area contributed by atoms with E-state index in [-0.39, 0.29) is 23.0 Å². The summed E-state index contributed by atoms with van der Waals surface area (Å²) in [6.07, 6.45) is 0. The van der Waals surface area contributed by atoms with E-state index in [9.17, 15) is 14.4 Å². The van der Waals surface area contributed by atoms with Gasteiger partial charge in [-0.25, -0.2) is 4.79 Å². The Kier molecular flexibility index (Phi) is 6.74. The number of anilines is 1. The molecule has 1 N–H and O–H groups in total. The van der Waals surface area contributed by atoms with Gasteiger partial charge in [0.25, 0.3) is 5.91 Å². The number of likely N-dealkylation sites (N-methyl/N-ethyl adjacent to an activating group) is 1. The van der Waals surface area contributed by atoms with Gasteiger partial charge in [0.2, 0.25) is 5.91 Å².